The Hall–Kier alpha value is -0.780. The van der Waals surface area contributed by atoms with Crippen molar-refractivity contribution in [3.63, 3.8) is 0 Å². The van der Waals surface area contributed by atoms with Gasteiger partial charge in [0.2, 0.25) is 0 Å². The highest BCUT2D eigenvalue weighted by molar-refractivity contribution is 9.10. The van der Waals surface area contributed by atoms with E-state index in [1.165, 1.54) is 5.56 Å². The second-order valence-corrected chi connectivity index (χ2v) is 6.26. The number of halogens is 1. The first kappa shape index (κ1) is 16.6. The highest BCUT2D eigenvalue weighted by atomic mass is 79.9. The van der Waals surface area contributed by atoms with Crippen LogP contribution < -0.4 is 14.8 Å². The van der Waals surface area contributed by atoms with Crippen molar-refractivity contribution in [3.8, 4) is 11.5 Å². The Morgan fingerprint density at radius 2 is 2.00 bits per heavy atom. The third-order valence-corrected chi connectivity index (χ3v) is 4.65. The van der Waals surface area contributed by atoms with Gasteiger partial charge in [0.15, 0.2) is 11.5 Å². The molecule has 0 saturated carbocycles. The fraction of sp³-hybridized carbons (Fsp3) is 0.625. The second-order valence-electron chi connectivity index (χ2n) is 5.40. The molecule has 1 N–H and O–H groups in total. The highest BCUT2D eigenvalue weighted by Gasteiger charge is 2.31. The van der Waals surface area contributed by atoms with Crippen LogP contribution in [0.15, 0.2) is 16.6 Å². The van der Waals surface area contributed by atoms with Gasteiger partial charge in [-0.1, -0.05) is 22.9 Å². The Morgan fingerprint density at radius 1 is 1.33 bits per heavy atom. The Balaban J connectivity index is 2.35. The predicted molar refractivity (Wildman–Crippen MR) is 87.2 cm³/mol. The highest BCUT2D eigenvalue weighted by Crippen LogP contribution is 2.40. The molecular formula is C16H24BrNO3. The van der Waals surface area contributed by atoms with E-state index < -0.39 is 0 Å². The van der Waals surface area contributed by atoms with E-state index >= 15 is 0 Å². The van der Waals surface area contributed by atoms with Crippen molar-refractivity contribution >= 4 is 15.9 Å². The summed E-state index contributed by atoms with van der Waals surface area (Å²) in [5.41, 5.74) is 1.19. The van der Waals surface area contributed by atoms with Gasteiger partial charge in [-0.15, -0.1) is 0 Å². The van der Waals surface area contributed by atoms with Crippen molar-refractivity contribution in [2.75, 3.05) is 27.4 Å². The van der Waals surface area contributed by atoms with E-state index in [2.05, 4.69) is 41.2 Å². The zero-order valence-electron chi connectivity index (χ0n) is 13.1. The van der Waals surface area contributed by atoms with E-state index in [1.807, 2.05) is 6.07 Å². The van der Waals surface area contributed by atoms with Crippen LogP contribution in [0.5, 0.6) is 11.5 Å². The first-order valence-corrected chi connectivity index (χ1v) is 8.16. The molecule has 1 aliphatic heterocycles. The van der Waals surface area contributed by atoms with Crippen LogP contribution in [-0.4, -0.2) is 33.5 Å². The second kappa shape index (κ2) is 7.47. The van der Waals surface area contributed by atoms with Crippen LogP contribution >= 0.6 is 15.9 Å². The molecule has 3 unspecified atom stereocenters. The largest absolute Gasteiger partial charge is 0.493 e. The van der Waals surface area contributed by atoms with Gasteiger partial charge in [0, 0.05) is 16.4 Å². The standard InChI is InChI=1S/C16H24BrNO3/c1-5-18-16(11-6-10(2)21-9-11)12-7-14(19-3)15(20-4)8-13(12)17/h7-8,10-11,16,18H,5-6,9H2,1-4H3. The minimum Gasteiger partial charge on any atom is -0.493 e. The summed E-state index contributed by atoms with van der Waals surface area (Å²) in [6.07, 6.45) is 1.40. The van der Waals surface area contributed by atoms with Gasteiger partial charge in [0.1, 0.15) is 0 Å². The third-order valence-electron chi connectivity index (χ3n) is 3.96. The van der Waals surface area contributed by atoms with E-state index in [0.717, 1.165) is 35.5 Å². The topological polar surface area (TPSA) is 39.7 Å². The smallest absolute Gasteiger partial charge is 0.161 e. The maximum absolute atomic E-state index is 5.74. The molecule has 0 amide bonds. The molecule has 2 rings (SSSR count). The number of methoxy groups -OCH3 is 2. The maximum Gasteiger partial charge on any atom is 0.161 e. The van der Waals surface area contributed by atoms with Gasteiger partial charge in [-0.05, 0) is 37.6 Å². The van der Waals surface area contributed by atoms with Gasteiger partial charge in [-0.25, -0.2) is 0 Å². The van der Waals surface area contributed by atoms with Gasteiger partial charge in [-0.2, -0.15) is 0 Å². The Bertz CT molecular complexity index is 481. The first-order chi connectivity index (χ1) is 10.1. The van der Waals surface area contributed by atoms with Crippen LogP contribution in [-0.2, 0) is 4.74 Å². The molecule has 1 saturated heterocycles. The minimum atomic E-state index is 0.245. The lowest BCUT2D eigenvalue weighted by Gasteiger charge is -2.26. The summed E-state index contributed by atoms with van der Waals surface area (Å²) in [6.45, 7) is 5.96. The lowest BCUT2D eigenvalue weighted by atomic mass is 9.90. The molecule has 1 heterocycles. The van der Waals surface area contributed by atoms with Crippen molar-refractivity contribution in [2.45, 2.75) is 32.4 Å². The van der Waals surface area contributed by atoms with Crippen molar-refractivity contribution in [1.29, 1.82) is 0 Å². The lowest BCUT2D eigenvalue weighted by Crippen LogP contribution is -2.29. The fourth-order valence-electron chi connectivity index (χ4n) is 2.94. The minimum absolute atomic E-state index is 0.245. The maximum atomic E-state index is 5.74. The number of rotatable bonds is 6. The summed E-state index contributed by atoms with van der Waals surface area (Å²) in [6, 6.07) is 4.27. The van der Waals surface area contributed by atoms with Gasteiger partial charge >= 0.3 is 0 Å². The number of hydrogen-bond donors (Lipinski definition) is 1. The fourth-order valence-corrected chi connectivity index (χ4v) is 3.51. The number of hydrogen-bond acceptors (Lipinski definition) is 4. The molecular weight excluding hydrogens is 334 g/mol. The van der Waals surface area contributed by atoms with Crippen molar-refractivity contribution in [3.05, 3.63) is 22.2 Å². The van der Waals surface area contributed by atoms with Crippen LogP contribution in [0.2, 0.25) is 0 Å². The van der Waals surface area contributed by atoms with Crippen molar-refractivity contribution in [1.82, 2.24) is 5.32 Å². The predicted octanol–water partition coefficient (Wildman–Crippen LogP) is 3.54. The molecule has 0 bridgehead atoms. The molecule has 1 aliphatic rings. The molecule has 1 aromatic carbocycles. The van der Waals surface area contributed by atoms with Gasteiger partial charge in [0.25, 0.3) is 0 Å². The van der Waals surface area contributed by atoms with Crippen LogP contribution in [0.25, 0.3) is 0 Å². The number of ether oxygens (including phenoxy) is 3. The van der Waals surface area contributed by atoms with Gasteiger partial charge < -0.3 is 19.5 Å². The molecule has 0 aliphatic carbocycles. The van der Waals surface area contributed by atoms with Crippen LogP contribution in [0, 0.1) is 5.92 Å². The average Bonchev–Trinajstić information content (AvgIpc) is 2.91. The zero-order valence-corrected chi connectivity index (χ0v) is 14.7. The van der Waals surface area contributed by atoms with E-state index in [1.54, 1.807) is 14.2 Å². The molecule has 5 heteroatoms. The molecule has 0 aromatic heterocycles. The SMILES string of the molecule is CCNC(c1cc(OC)c(OC)cc1Br)C1COC(C)C1. The van der Waals surface area contributed by atoms with E-state index in [9.17, 15) is 0 Å². The molecule has 0 spiro atoms. The normalized spacial score (nSPS) is 23.1. The molecule has 1 fully saturated rings. The van der Waals surface area contributed by atoms with Crippen molar-refractivity contribution < 1.29 is 14.2 Å². The molecule has 4 nitrogen and oxygen atoms in total. The summed E-state index contributed by atoms with van der Waals surface area (Å²) >= 11 is 3.67. The summed E-state index contributed by atoms with van der Waals surface area (Å²) in [7, 11) is 3.32. The number of nitrogens with one attached hydrogen (secondary N) is 1. The molecule has 21 heavy (non-hydrogen) atoms. The first-order valence-electron chi connectivity index (χ1n) is 7.37. The summed E-state index contributed by atoms with van der Waals surface area (Å²) < 4.78 is 17.6. The van der Waals surface area contributed by atoms with Crippen LogP contribution in [0.4, 0.5) is 0 Å². The molecule has 3 atom stereocenters. The Morgan fingerprint density at radius 3 is 2.52 bits per heavy atom. The third kappa shape index (κ3) is 3.71. The quantitative estimate of drug-likeness (QED) is 0.844. The average molecular weight is 358 g/mol. The van der Waals surface area contributed by atoms with E-state index in [0.29, 0.717) is 12.0 Å². The lowest BCUT2D eigenvalue weighted by molar-refractivity contribution is 0.117. The monoisotopic (exact) mass is 357 g/mol. The van der Waals surface area contributed by atoms with Crippen LogP contribution in [0.1, 0.15) is 31.9 Å². The summed E-state index contributed by atoms with van der Waals surface area (Å²) in [4.78, 5) is 0. The van der Waals surface area contributed by atoms with Crippen LogP contribution in [0.3, 0.4) is 0 Å². The molecule has 118 valence electrons. The summed E-state index contributed by atoms with van der Waals surface area (Å²) in [5.74, 6) is 1.96. The molecule has 1 aromatic rings. The van der Waals surface area contributed by atoms with E-state index in [-0.39, 0.29) is 6.04 Å². The van der Waals surface area contributed by atoms with Gasteiger partial charge in [0.05, 0.1) is 26.9 Å². The summed E-state index contributed by atoms with van der Waals surface area (Å²) in [5, 5.41) is 3.58. The van der Waals surface area contributed by atoms with Gasteiger partial charge in [-0.3, -0.25) is 0 Å². The zero-order chi connectivity index (χ0) is 15.4. The number of benzene rings is 1. The molecule has 0 radical (unpaired) electrons. The van der Waals surface area contributed by atoms with E-state index in [4.69, 9.17) is 14.2 Å². The Kier molecular flexibility index (Phi) is 5.90. The van der Waals surface area contributed by atoms with Crippen molar-refractivity contribution in [2.24, 2.45) is 5.92 Å². The Labute approximate surface area is 135 Å².